The lowest BCUT2D eigenvalue weighted by molar-refractivity contribution is -0.159. The van der Waals surface area contributed by atoms with Crippen molar-refractivity contribution in [3.8, 4) is 11.4 Å². The van der Waals surface area contributed by atoms with Crippen LogP contribution in [0.2, 0.25) is 0 Å². The highest BCUT2D eigenvalue weighted by Gasteiger charge is 2.41. The third-order valence-electron chi connectivity index (χ3n) is 4.64. The molecule has 1 aromatic carbocycles. The zero-order valence-electron chi connectivity index (χ0n) is 14.2. The van der Waals surface area contributed by atoms with Crippen LogP contribution in [0.3, 0.4) is 0 Å². The molecule has 2 saturated carbocycles. The number of carbonyl (C=O) groups is 2. The van der Waals surface area contributed by atoms with Crippen molar-refractivity contribution in [1.29, 1.82) is 0 Å². The SMILES string of the molecule is O=C(C(=O)N(Cc1ccc(-c2noc(C(F)(F)F)n2)cc1)C1CC1)C1CC1. The smallest absolute Gasteiger partial charge is 0.329 e. The molecule has 0 N–H and O–H groups in total. The fourth-order valence-corrected chi connectivity index (χ4v) is 2.83. The van der Waals surface area contributed by atoms with E-state index in [9.17, 15) is 22.8 Å². The van der Waals surface area contributed by atoms with E-state index in [0.717, 1.165) is 31.2 Å². The number of Topliss-reactive ketones (excluding diaryl/α,β-unsaturated/α-hetero) is 1. The van der Waals surface area contributed by atoms with Crippen molar-refractivity contribution in [2.24, 2.45) is 5.92 Å². The summed E-state index contributed by atoms with van der Waals surface area (Å²) in [5.41, 5.74) is 1.15. The van der Waals surface area contributed by atoms with Gasteiger partial charge in [-0.1, -0.05) is 29.4 Å². The number of carbonyl (C=O) groups excluding carboxylic acids is 2. The van der Waals surface area contributed by atoms with Crippen LogP contribution in [0.25, 0.3) is 11.4 Å². The van der Waals surface area contributed by atoms with Gasteiger partial charge in [0.1, 0.15) is 0 Å². The van der Waals surface area contributed by atoms with Crippen molar-refractivity contribution < 1.29 is 27.3 Å². The summed E-state index contributed by atoms with van der Waals surface area (Å²) in [5.74, 6) is -2.43. The molecule has 0 saturated heterocycles. The number of aromatic nitrogens is 2. The summed E-state index contributed by atoms with van der Waals surface area (Å²) >= 11 is 0. The second kappa shape index (κ2) is 6.47. The minimum absolute atomic E-state index is 0.0893. The van der Waals surface area contributed by atoms with Crippen molar-refractivity contribution in [3.63, 3.8) is 0 Å². The molecular formula is C18H16F3N3O3. The molecule has 142 valence electrons. The van der Waals surface area contributed by atoms with Gasteiger partial charge in [0.2, 0.25) is 11.6 Å². The van der Waals surface area contributed by atoms with Crippen LogP contribution in [-0.4, -0.2) is 32.8 Å². The average molecular weight is 379 g/mol. The zero-order chi connectivity index (χ0) is 19.2. The Labute approximate surface area is 152 Å². The Bertz CT molecular complexity index is 868. The van der Waals surface area contributed by atoms with Gasteiger partial charge in [-0.05, 0) is 31.2 Å². The van der Waals surface area contributed by atoms with Gasteiger partial charge in [0.15, 0.2) is 0 Å². The Kier molecular flexibility index (Phi) is 4.24. The van der Waals surface area contributed by atoms with Gasteiger partial charge < -0.3 is 9.42 Å². The van der Waals surface area contributed by atoms with Crippen LogP contribution < -0.4 is 0 Å². The molecule has 27 heavy (non-hydrogen) atoms. The van der Waals surface area contributed by atoms with E-state index in [0.29, 0.717) is 12.1 Å². The van der Waals surface area contributed by atoms with E-state index >= 15 is 0 Å². The highest BCUT2D eigenvalue weighted by molar-refractivity contribution is 6.37. The summed E-state index contributed by atoms with van der Waals surface area (Å²) in [7, 11) is 0. The summed E-state index contributed by atoms with van der Waals surface area (Å²) in [6.45, 7) is 0.294. The molecule has 4 rings (SSSR count). The number of hydrogen-bond donors (Lipinski definition) is 0. The van der Waals surface area contributed by atoms with Crippen molar-refractivity contribution in [1.82, 2.24) is 15.0 Å². The molecule has 0 radical (unpaired) electrons. The number of benzene rings is 1. The fraction of sp³-hybridized carbons (Fsp3) is 0.444. The van der Waals surface area contributed by atoms with Gasteiger partial charge in [0.25, 0.3) is 5.91 Å². The molecule has 1 aromatic heterocycles. The first-order valence-electron chi connectivity index (χ1n) is 8.68. The Morgan fingerprint density at radius 1 is 1.11 bits per heavy atom. The first kappa shape index (κ1) is 17.7. The summed E-state index contributed by atoms with van der Waals surface area (Å²) in [6.07, 6.45) is -1.37. The lowest BCUT2D eigenvalue weighted by Crippen LogP contribution is -2.38. The van der Waals surface area contributed by atoms with Crippen LogP contribution >= 0.6 is 0 Å². The number of halogens is 3. The predicted molar refractivity (Wildman–Crippen MR) is 86.0 cm³/mol. The maximum absolute atomic E-state index is 12.5. The second-order valence-electron chi connectivity index (χ2n) is 6.92. The van der Waals surface area contributed by atoms with E-state index < -0.39 is 18.0 Å². The summed E-state index contributed by atoms with van der Waals surface area (Å²) in [5, 5.41) is 3.34. The van der Waals surface area contributed by atoms with Crippen LogP contribution in [0.4, 0.5) is 13.2 Å². The van der Waals surface area contributed by atoms with Crippen LogP contribution in [0.5, 0.6) is 0 Å². The van der Waals surface area contributed by atoms with Gasteiger partial charge in [-0.2, -0.15) is 18.2 Å². The van der Waals surface area contributed by atoms with Gasteiger partial charge in [0, 0.05) is 24.1 Å². The van der Waals surface area contributed by atoms with Crippen LogP contribution in [0.15, 0.2) is 28.8 Å². The number of rotatable bonds is 6. The van der Waals surface area contributed by atoms with E-state index in [4.69, 9.17) is 0 Å². The van der Waals surface area contributed by atoms with Gasteiger partial charge in [-0.3, -0.25) is 9.59 Å². The van der Waals surface area contributed by atoms with Gasteiger partial charge >= 0.3 is 12.1 Å². The standard InChI is InChI=1S/C18H16F3N3O3/c19-18(20,21)17-22-15(23-27-17)12-3-1-10(2-4-12)9-24(13-7-8-13)16(26)14(25)11-5-6-11/h1-4,11,13H,5-9H2. The van der Waals surface area contributed by atoms with E-state index in [1.54, 1.807) is 29.2 Å². The monoisotopic (exact) mass is 379 g/mol. The number of hydrogen-bond acceptors (Lipinski definition) is 5. The first-order valence-corrected chi connectivity index (χ1v) is 8.68. The first-order chi connectivity index (χ1) is 12.8. The summed E-state index contributed by atoms with van der Waals surface area (Å²) in [6, 6.07) is 6.59. The molecule has 9 heteroatoms. The predicted octanol–water partition coefficient (Wildman–Crippen LogP) is 3.23. The Hall–Kier alpha value is -2.71. The van der Waals surface area contributed by atoms with E-state index in [1.165, 1.54) is 0 Å². The van der Waals surface area contributed by atoms with Crippen molar-refractivity contribution in [3.05, 3.63) is 35.7 Å². The van der Waals surface area contributed by atoms with E-state index in [1.807, 2.05) is 0 Å². The fourth-order valence-electron chi connectivity index (χ4n) is 2.83. The topological polar surface area (TPSA) is 76.3 Å². The highest BCUT2D eigenvalue weighted by Crippen LogP contribution is 2.34. The maximum atomic E-state index is 12.5. The zero-order valence-corrected chi connectivity index (χ0v) is 14.2. The largest absolute Gasteiger partial charge is 0.471 e. The molecule has 6 nitrogen and oxygen atoms in total. The Morgan fingerprint density at radius 3 is 2.30 bits per heavy atom. The molecule has 0 atom stereocenters. The molecule has 0 unspecified atom stereocenters. The number of amides is 1. The van der Waals surface area contributed by atoms with Crippen LogP contribution in [0.1, 0.15) is 37.1 Å². The van der Waals surface area contributed by atoms with Crippen LogP contribution in [0, 0.1) is 5.92 Å². The molecular weight excluding hydrogens is 363 g/mol. The average Bonchev–Trinajstić information content (AvgIpc) is 3.56. The maximum Gasteiger partial charge on any atom is 0.471 e. The van der Waals surface area contributed by atoms with Crippen molar-refractivity contribution >= 4 is 11.7 Å². The third-order valence-corrected chi connectivity index (χ3v) is 4.64. The Morgan fingerprint density at radius 2 is 1.78 bits per heavy atom. The highest BCUT2D eigenvalue weighted by atomic mass is 19.4. The van der Waals surface area contributed by atoms with Crippen molar-refractivity contribution in [2.45, 2.75) is 44.4 Å². The third kappa shape index (κ3) is 3.86. The minimum atomic E-state index is -4.69. The number of ketones is 1. The lowest BCUT2D eigenvalue weighted by Gasteiger charge is -2.21. The molecule has 0 bridgehead atoms. The summed E-state index contributed by atoms with van der Waals surface area (Å²) in [4.78, 5) is 29.5. The quantitative estimate of drug-likeness (QED) is 0.721. The lowest BCUT2D eigenvalue weighted by atomic mass is 10.1. The molecule has 0 aliphatic heterocycles. The molecule has 2 aliphatic rings. The molecule has 1 amide bonds. The Balaban J connectivity index is 1.47. The normalized spacial score (nSPS) is 17.0. The molecule has 2 aliphatic carbocycles. The van der Waals surface area contributed by atoms with Gasteiger partial charge in [-0.15, -0.1) is 0 Å². The number of alkyl halides is 3. The van der Waals surface area contributed by atoms with Crippen molar-refractivity contribution in [2.75, 3.05) is 0 Å². The minimum Gasteiger partial charge on any atom is -0.329 e. The number of nitrogens with zero attached hydrogens (tertiary/aromatic N) is 3. The van der Waals surface area contributed by atoms with E-state index in [2.05, 4.69) is 14.7 Å². The van der Waals surface area contributed by atoms with Gasteiger partial charge in [0.05, 0.1) is 0 Å². The van der Waals surface area contributed by atoms with E-state index in [-0.39, 0.29) is 23.6 Å². The molecule has 0 spiro atoms. The second-order valence-corrected chi connectivity index (χ2v) is 6.92. The molecule has 1 heterocycles. The van der Waals surface area contributed by atoms with Gasteiger partial charge in [-0.25, -0.2) is 0 Å². The summed E-state index contributed by atoms with van der Waals surface area (Å²) < 4.78 is 41.9. The van der Waals surface area contributed by atoms with Crippen LogP contribution in [-0.2, 0) is 22.3 Å². The molecule has 2 fully saturated rings. The molecule has 2 aromatic rings.